The summed E-state index contributed by atoms with van der Waals surface area (Å²) >= 11 is 1.37. The van der Waals surface area contributed by atoms with Gasteiger partial charge in [0, 0.05) is 18.9 Å². The van der Waals surface area contributed by atoms with Gasteiger partial charge in [-0.05, 0) is 48.4 Å². The zero-order valence-corrected chi connectivity index (χ0v) is 16.5. The van der Waals surface area contributed by atoms with Gasteiger partial charge in [-0.1, -0.05) is 23.9 Å². The molecule has 0 bridgehead atoms. The largest absolute Gasteiger partial charge is 0.352 e. The first-order valence-corrected chi connectivity index (χ1v) is 10.2. The quantitative estimate of drug-likeness (QED) is 0.722. The minimum Gasteiger partial charge on any atom is -0.352 e. The van der Waals surface area contributed by atoms with Gasteiger partial charge in [0.15, 0.2) is 0 Å². The van der Waals surface area contributed by atoms with Crippen molar-refractivity contribution in [2.45, 2.75) is 44.8 Å². The second-order valence-corrected chi connectivity index (χ2v) is 7.77. The third-order valence-corrected chi connectivity index (χ3v) is 6.05. The number of tetrazole rings is 1. The molecule has 1 fully saturated rings. The van der Waals surface area contributed by atoms with E-state index in [1.54, 1.807) is 9.58 Å². The monoisotopic (exact) mass is 375 g/mol. The molecule has 0 radical (unpaired) electrons. The lowest BCUT2D eigenvalue weighted by molar-refractivity contribution is -0.903. The van der Waals surface area contributed by atoms with Crippen LogP contribution in [-0.2, 0) is 4.79 Å². The Bertz CT molecular complexity index is 754. The lowest BCUT2D eigenvalue weighted by Gasteiger charge is -2.28. The van der Waals surface area contributed by atoms with Crippen molar-refractivity contribution < 1.29 is 9.69 Å². The van der Waals surface area contributed by atoms with E-state index in [2.05, 4.69) is 47.7 Å². The van der Waals surface area contributed by atoms with Gasteiger partial charge in [-0.3, -0.25) is 4.79 Å². The van der Waals surface area contributed by atoms with E-state index < -0.39 is 0 Å². The Morgan fingerprint density at radius 1 is 1.35 bits per heavy atom. The smallest absolute Gasteiger partial charge is 0.230 e. The fourth-order valence-corrected chi connectivity index (χ4v) is 4.00. The van der Waals surface area contributed by atoms with Crippen LogP contribution in [0.2, 0.25) is 0 Å². The predicted molar refractivity (Wildman–Crippen MR) is 102 cm³/mol. The van der Waals surface area contributed by atoms with Crippen molar-refractivity contribution in [3.63, 3.8) is 0 Å². The summed E-state index contributed by atoms with van der Waals surface area (Å²) in [6.45, 7) is 9.77. The summed E-state index contributed by atoms with van der Waals surface area (Å²) < 4.78 is 1.71. The Hall–Kier alpha value is -1.93. The maximum atomic E-state index is 12.3. The zero-order chi connectivity index (χ0) is 18.5. The van der Waals surface area contributed by atoms with E-state index in [0.29, 0.717) is 17.0 Å². The number of hydrogen-bond acceptors (Lipinski definition) is 5. The molecule has 8 heteroatoms. The first-order chi connectivity index (χ1) is 12.6. The van der Waals surface area contributed by atoms with Gasteiger partial charge in [0.25, 0.3) is 0 Å². The van der Waals surface area contributed by atoms with Crippen molar-refractivity contribution in [2.24, 2.45) is 0 Å². The van der Waals surface area contributed by atoms with Crippen LogP contribution >= 0.6 is 11.8 Å². The summed E-state index contributed by atoms with van der Waals surface area (Å²) in [4.78, 5) is 13.9. The molecule has 2 heterocycles. The number of quaternary nitrogens is 1. The van der Waals surface area contributed by atoms with Crippen LogP contribution in [0.3, 0.4) is 0 Å². The number of nitrogens with zero attached hydrogens (tertiary/aromatic N) is 4. The summed E-state index contributed by atoms with van der Waals surface area (Å²) in [6, 6.07) is 6.35. The SMILES string of the molecule is CC[NH+]1CCC(NC(=O)CSc2nnnn2-c2cccc(C)c2C)CC1. The van der Waals surface area contributed by atoms with Gasteiger partial charge in [0.05, 0.1) is 31.1 Å². The van der Waals surface area contributed by atoms with Crippen molar-refractivity contribution in [1.29, 1.82) is 0 Å². The standard InChI is InChI=1S/C18H26N6OS/c1-4-23-10-8-15(9-11-23)19-17(25)12-26-18-20-21-22-24(18)16-7-5-6-13(2)14(16)3/h5-7,15H,4,8-12H2,1-3H3,(H,19,25)/p+1. The first kappa shape index (κ1) is 18.8. The summed E-state index contributed by atoms with van der Waals surface area (Å²) in [5.74, 6) is 0.377. The Morgan fingerprint density at radius 2 is 2.12 bits per heavy atom. The predicted octanol–water partition coefficient (Wildman–Crippen LogP) is 0.555. The van der Waals surface area contributed by atoms with Crippen LogP contribution in [0.1, 0.15) is 30.9 Å². The zero-order valence-electron chi connectivity index (χ0n) is 15.7. The Morgan fingerprint density at radius 3 is 2.85 bits per heavy atom. The molecule has 26 heavy (non-hydrogen) atoms. The number of carbonyl (C=O) groups is 1. The molecule has 0 saturated carbocycles. The number of hydrogen-bond donors (Lipinski definition) is 2. The second-order valence-electron chi connectivity index (χ2n) is 6.83. The average molecular weight is 376 g/mol. The molecule has 2 aromatic rings. The highest BCUT2D eigenvalue weighted by atomic mass is 32.2. The number of rotatable bonds is 6. The van der Waals surface area contributed by atoms with Crippen molar-refractivity contribution in [3.05, 3.63) is 29.3 Å². The van der Waals surface area contributed by atoms with Gasteiger partial charge in [0.2, 0.25) is 11.1 Å². The van der Waals surface area contributed by atoms with E-state index in [0.717, 1.165) is 43.7 Å². The van der Waals surface area contributed by atoms with E-state index in [4.69, 9.17) is 0 Å². The van der Waals surface area contributed by atoms with Gasteiger partial charge < -0.3 is 10.2 Å². The first-order valence-electron chi connectivity index (χ1n) is 9.19. The fraction of sp³-hybridized carbons (Fsp3) is 0.556. The number of nitrogens with one attached hydrogen (secondary N) is 2. The van der Waals surface area contributed by atoms with E-state index >= 15 is 0 Å². The molecule has 0 unspecified atom stereocenters. The molecule has 1 aliphatic rings. The molecule has 3 rings (SSSR count). The maximum absolute atomic E-state index is 12.3. The Labute approximate surface area is 158 Å². The van der Waals surface area contributed by atoms with Gasteiger partial charge in [-0.25, -0.2) is 0 Å². The number of carbonyl (C=O) groups excluding carboxylic acids is 1. The summed E-state index contributed by atoms with van der Waals surface area (Å²) in [5, 5.41) is 15.8. The molecule has 1 aromatic carbocycles. The van der Waals surface area contributed by atoms with Crippen molar-refractivity contribution >= 4 is 17.7 Å². The summed E-state index contributed by atoms with van der Waals surface area (Å²) in [5.41, 5.74) is 3.27. The van der Waals surface area contributed by atoms with Crippen LogP contribution in [0.5, 0.6) is 0 Å². The lowest BCUT2D eigenvalue weighted by Crippen LogP contribution is -3.13. The summed E-state index contributed by atoms with van der Waals surface area (Å²) in [7, 11) is 0. The number of aromatic nitrogens is 4. The molecular weight excluding hydrogens is 348 g/mol. The fourth-order valence-electron chi connectivity index (χ4n) is 3.31. The second kappa shape index (κ2) is 8.64. The van der Waals surface area contributed by atoms with E-state index in [1.807, 2.05) is 12.1 Å². The van der Waals surface area contributed by atoms with Gasteiger partial charge in [-0.15, -0.1) is 5.10 Å². The minimum absolute atomic E-state index is 0.0514. The summed E-state index contributed by atoms with van der Waals surface area (Å²) in [6.07, 6.45) is 2.11. The molecule has 1 amide bonds. The topological polar surface area (TPSA) is 77.1 Å². The van der Waals surface area contributed by atoms with Gasteiger partial charge >= 0.3 is 0 Å². The number of amides is 1. The average Bonchev–Trinajstić information content (AvgIpc) is 3.11. The highest BCUT2D eigenvalue weighted by Crippen LogP contribution is 2.22. The lowest BCUT2D eigenvalue weighted by atomic mass is 10.1. The molecule has 1 saturated heterocycles. The van der Waals surface area contributed by atoms with Crippen LogP contribution in [0.25, 0.3) is 5.69 Å². The normalized spacial score (nSPS) is 20.1. The van der Waals surface area contributed by atoms with Crippen LogP contribution in [-0.4, -0.2) is 57.5 Å². The molecule has 1 aliphatic heterocycles. The van der Waals surface area contributed by atoms with E-state index in [1.165, 1.54) is 17.3 Å². The molecule has 2 N–H and O–H groups in total. The Balaban J connectivity index is 1.57. The molecule has 0 aliphatic carbocycles. The van der Waals surface area contributed by atoms with Crippen molar-refractivity contribution in [1.82, 2.24) is 25.5 Å². The van der Waals surface area contributed by atoms with Crippen LogP contribution in [0, 0.1) is 13.8 Å². The van der Waals surface area contributed by atoms with Crippen LogP contribution < -0.4 is 10.2 Å². The van der Waals surface area contributed by atoms with Crippen LogP contribution in [0.15, 0.2) is 23.4 Å². The molecule has 0 atom stereocenters. The molecule has 7 nitrogen and oxygen atoms in total. The molecule has 0 spiro atoms. The van der Waals surface area contributed by atoms with Gasteiger partial charge in [0.1, 0.15) is 0 Å². The molecule has 1 aromatic heterocycles. The third-order valence-electron chi connectivity index (χ3n) is 5.14. The third kappa shape index (κ3) is 4.42. The van der Waals surface area contributed by atoms with E-state index in [-0.39, 0.29) is 5.91 Å². The molecular formula is C18H27N6OS+. The van der Waals surface area contributed by atoms with E-state index in [9.17, 15) is 4.79 Å². The Kier molecular flexibility index (Phi) is 6.26. The number of likely N-dealkylation sites (tertiary alicyclic amines) is 1. The van der Waals surface area contributed by atoms with Crippen molar-refractivity contribution in [3.8, 4) is 5.69 Å². The van der Waals surface area contributed by atoms with Gasteiger partial charge in [-0.2, -0.15) is 4.68 Å². The molecule has 140 valence electrons. The van der Waals surface area contributed by atoms with Crippen LogP contribution in [0.4, 0.5) is 0 Å². The maximum Gasteiger partial charge on any atom is 0.230 e. The van der Waals surface area contributed by atoms with Crippen molar-refractivity contribution in [2.75, 3.05) is 25.4 Å². The highest BCUT2D eigenvalue weighted by Gasteiger charge is 2.22. The number of thioether (sulfide) groups is 1. The number of piperidine rings is 1. The highest BCUT2D eigenvalue weighted by molar-refractivity contribution is 7.99. The minimum atomic E-state index is 0.0514. The number of aryl methyl sites for hydroxylation is 1. The number of benzene rings is 1.